The van der Waals surface area contributed by atoms with E-state index in [1.54, 1.807) is 0 Å². The molecule has 0 atom stereocenters. The van der Waals surface area contributed by atoms with Crippen LogP contribution < -0.4 is 0 Å². The zero-order valence-electron chi connectivity index (χ0n) is 7.56. The second-order valence-corrected chi connectivity index (χ2v) is 4.04. The van der Waals surface area contributed by atoms with Crippen molar-refractivity contribution in [3.63, 3.8) is 0 Å². The van der Waals surface area contributed by atoms with Crippen molar-refractivity contribution in [3.05, 3.63) is 40.9 Å². The van der Waals surface area contributed by atoms with Crippen LogP contribution >= 0.6 is 27.5 Å². The van der Waals surface area contributed by atoms with Crippen molar-refractivity contribution in [1.29, 1.82) is 0 Å². The first kappa shape index (κ1) is 10.8. The number of benzene rings is 1. The molecule has 0 aromatic heterocycles. The molecule has 0 aliphatic heterocycles. The van der Waals surface area contributed by atoms with Gasteiger partial charge in [0.05, 0.1) is 0 Å². The highest BCUT2D eigenvalue weighted by Crippen LogP contribution is 2.23. The molecule has 2 heteroatoms. The molecule has 0 aliphatic carbocycles. The fourth-order valence-corrected chi connectivity index (χ4v) is 1.68. The van der Waals surface area contributed by atoms with Gasteiger partial charge in [-0.05, 0) is 30.5 Å². The molecule has 0 bridgehead atoms. The quantitative estimate of drug-likeness (QED) is 0.700. The van der Waals surface area contributed by atoms with Gasteiger partial charge in [-0.2, -0.15) is 0 Å². The standard InChI is InChI=1S/C11H12BrCl/c1-9(5-4-8-12)10-6-2-3-7-11(10)13/h2-3,5-7H,4,8H2,1H3/b9-5+. The molecule has 0 saturated heterocycles. The van der Waals surface area contributed by atoms with Crippen molar-refractivity contribution in [3.8, 4) is 0 Å². The summed E-state index contributed by atoms with van der Waals surface area (Å²) in [7, 11) is 0. The van der Waals surface area contributed by atoms with Gasteiger partial charge in [0, 0.05) is 10.4 Å². The second kappa shape index (κ2) is 5.46. The molecule has 0 N–H and O–H groups in total. The van der Waals surface area contributed by atoms with Crippen LogP contribution in [0.25, 0.3) is 5.57 Å². The van der Waals surface area contributed by atoms with E-state index in [-0.39, 0.29) is 0 Å². The summed E-state index contributed by atoms with van der Waals surface area (Å²) in [5.74, 6) is 0. The van der Waals surface area contributed by atoms with Crippen LogP contribution in [0.1, 0.15) is 18.9 Å². The molecule has 0 heterocycles. The van der Waals surface area contributed by atoms with Crippen LogP contribution in [0.5, 0.6) is 0 Å². The maximum Gasteiger partial charge on any atom is 0.0480 e. The highest BCUT2D eigenvalue weighted by Gasteiger charge is 1.99. The lowest BCUT2D eigenvalue weighted by molar-refractivity contribution is 1.26. The Morgan fingerprint density at radius 1 is 1.46 bits per heavy atom. The second-order valence-electron chi connectivity index (χ2n) is 2.84. The first-order valence-corrected chi connectivity index (χ1v) is 5.73. The summed E-state index contributed by atoms with van der Waals surface area (Å²) in [6.07, 6.45) is 3.23. The number of hydrogen-bond acceptors (Lipinski definition) is 0. The minimum Gasteiger partial charge on any atom is -0.0925 e. The van der Waals surface area contributed by atoms with Crippen molar-refractivity contribution < 1.29 is 0 Å². The number of allylic oxidation sites excluding steroid dienone is 2. The van der Waals surface area contributed by atoms with Gasteiger partial charge in [0.2, 0.25) is 0 Å². The fraction of sp³-hybridized carbons (Fsp3) is 0.273. The maximum atomic E-state index is 6.05. The Bertz CT molecular complexity index is 305. The number of hydrogen-bond donors (Lipinski definition) is 0. The predicted octanol–water partition coefficient (Wildman–Crippen LogP) is 4.53. The minimum atomic E-state index is 0.825. The molecule has 0 aliphatic rings. The SMILES string of the molecule is C/C(=C\CCBr)c1ccccc1Cl. The van der Waals surface area contributed by atoms with Gasteiger partial charge in [-0.25, -0.2) is 0 Å². The normalized spacial score (nSPS) is 11.8. The van der Waals surface area contributed by atoms with Gasteiger partial charge in [-0.15, -0.1) is 0 Å². The fourth-order valence-electron chi connectivity index (χ4n) is 1.16. The first-order valence-electron chi connectivity index (χ1n) is 4.23. The number of rotatable bonds is 3. The van der Waals surface area contributed by atoms with E-state index in [4.69, 9.17) is 11.6 Å². The Morgan fingerprint density at radius 3 is 2.77 bits per heavy atom. The van der Waals surface area contributed by atoms with Crippen molar-refractivity contribution >= 4 is 33.1 Å². The van der Waals surface area contributed by atoms with E-state index in [2.05, 4.69) is 28.9 Å². The molecule has 0 nitrogen and oxygen atoms in total. The predicted molar refractivity (Wildman–Crippen MR) is 63.5 cm³/mol. The molecule has 1 aromatic rings. The van der Waals surface area contributed by atoms with E-state index in [0.29, 0.717) is 0 Å². The third kappa shape index (κ3) is 3.17. The Labute approximate surface area is 92.7 Å². The maximum absolute atomic E-state index is 6.05. The topological polar surface area (TPSA) is 0 Å². The van der Waals surface area contributed by atoms with Crippen LogP contribution in [0.3, 0.4) is 0 Å². The average Bonchev–Trinajstić information content (AvgIpc) is 2.15. The Kier molecular flexibility index (Phi) is 4.54. The molecule has 0 fully saturated rings. The molecular formula is C11H12BrCl. The van der Waals surface area contributed by atoms with E-state index in [9.17, 15) is 0 Å². The molecule has 1 rings (SSSR count). The molecular weight excluding hydrogens is 247 g/mol. The van der Waals surface area contributed by atoms with Crippen LogP contribution in [0.15, 0.2) is 30.3 Å². The molecule has 1 aromatic carbocycles. The summed E-state index contributed by atoms with van der Waals surface area (Å²) in [4.78, 5) is 0. The first-order chi connectivity index (χ1) is 6.25. The lowest BCUT2D eigenvalue weighted by atomic mass is 10.1. The van der Waals surface area contributed by atoms with Gasteiger partial charge in [0.15, 0.2) is 0 Å². The van der Waals surface area contributed by atoms with Crippen LogP contribution in [-0.2, 0) is 0 Å². The summed E-state index contributed by atoms with van der Waals surface area (Å²) in [6.45, 7) is 2.09. The molecule has 70 valence electrons. The molecule has 0 amide bonds. The van der Waals surface area contributed by atoms with Gasteiger partial charge in [0.1, 0.15) is 0 Å². The van der Waals surface area contributed by atoms with Crippen LogP contribution in [0.4, 0.5) is 0 Å². The number of alkyl halides is 1. The third-order valence-electron chi connectivity index (χ3n) is 1.86. The Morgan fingerprint density at radius 2 is 2.15 bits per heavy atom. The van der Waals surface area contributed by atoms with E-state index in [1.165, 1.54) is 5.57 Å². The Balaban J connectivity index is 2.88. The zero-order valence-corrected chi connectivity index (χ0v) is 9.90. The number of halogens is 2. The summed E-state index contributed by atoms with van der Waals surface area (Å²) in [6, 6.07) is 7.92. The van der Waals surface area contributed by atoms with Crippen LogP contribution in [0, 0.1) is 0 Å². The highest BCUT2D eigenvalue weighted by atomic mass is 79.9. The van der Waals surface area contributed by atoms with Crippen molar-refractivity contribution in [1.82, 2.24) is 0 Å². The molecule has 0 saturated carbocycles. The van der Waals surface area contributed by atoms with E-state index < -0.39 is 0 Å². The van der Waals surface area contributed by atoms with Crippen LogP contribution in [-0.4, -0.2) is 5.33 Å². The molecule has 0 unspecified atom stereocenters. The van der Waals surface area contributed by atoms with Crippen LogP contribution in [0.2, 0.25) is 5.02 Å². The van der Waals surface area contributed by atoms with E-state index >= 15 is 0 Å². The molecule has 0 radical (unpaired) electrons. The average molecular weight is 260 g/mol. The van der Waals surface area contributed by atoms with Crippen molar-refractivity contribution in [2.75, 3.05) is 5.33 Å². The lowest BCUT2D eigenvalue weighted by Gasteiger charge is -2.03. The minimum absolute atomic E-state index is 0.825. The highest BCUT2D eigenvalue weighted by molar-refractivity contribution is 9.09. The smallest absolute Gasteiger partial charge is 0.0480 e. The summed E-state index contributed by atoms with van der Waals surface area (Å²) in [5.41, 5.74) is 2.37. The summed E-state index contributed by atoms with van der Waals surface area (Å²) < 4.78 is 0. The van der Waals surface area contributed by atoms with Gasteiger partial charge in [-0.1, -0.05) is 51.8 Å². The summed E-state index contributed by atoms with van der Waals surface area (Å²) in [5, 5.41) is 1.82. The summed E-state index contributed by atoms with van der Waals surface area (Å²) >= 11 is 9.44. The van der Waals surface area contributed by atoms with Gasteiger partial charge < -0.3 is 0 Å². The lowest BCUT2D eigenvalue weighted by Crippen LogP contribution is -1.81. The van der Waals surface area contributed by atoms with E-state index in [0.717, 1.165) is 22.3 Å². The van der Waals surface area contributed by atoms with Gasteiger partial charge >= 0.3 is 0 Å². The molecule has 0 spiro atoms. The molecule has 13 heavy (non-hydrogen) atoms. The largest absolute Gasteiger partial charge is 0.0925 e. The zero-order chi connectivity index (χ0) is 9.68. The van der Waals surface area contributed by atoms with Crippen molar-refractivity contribution in [2.24, 2.45) is 0 Å². The van der Waals surface area contributed by atoms with Crippen molar-refractivity contribution in [2.45, 2.75) is 13.3 Å². The van der Waals surface area contributed by atoms with Gasteiger partial charge in [-0.3, -0.25) is 0 Å². The van der Waals surface area contributed by atoms with E-state index in [1.807, 2.05) is 24.3 Å². The Hall–Kier alpha value is -0.270. The third-order valence-corrected chi connectivity index (χ3v) is 2.65. The van der Waals surface area contributed by atoms with Gasteiger partial charge in [0.25, 0.3) is 0 Å². The monoisotopic (exact) mass is 258 g/mol.